The molecule has 1 fully saturated rings. The highest BCUT2D eigenvalue weighted by Gasteiger charge is 2.45. The summed E-state index contributed by atoms with van der Waals surface area (Å²) in [6, 6.07) is 0. The number of aromatic amines is 1. The van der Waals surface area contributed by atoms with Gasteiger partial charge in [0.05, 0.1) is 18.9 Å². The molecule has 2 rings (SSSR count). The molecular formula is C9H10BrN2O15P3-4. The van der Waals surface area contributed by atoms with Crippen molar-refractivity contribution in [2.45, 2.75) is 24.5 Å². The van der Waals surface area contributed by atoms with E-state index < -0.39 is 65.9 Å². The number of phosphoric ester groups is 1. The first-order chi connectivity index (χ1) is 13.5. The zero-order chi connectivity index (χ0) is 23.1. The fourth-order valence-electron chi connectivity index (χ4n) is 2.19. The second kappa shape index (κ2) is 9.13. The number of nitrogens with one attached hydrogen (secondary N) is 1. The van der Waals surface area contributed by atoms with Gasteiger partial charge in [0.2, 0.25) is 0 Å². The molecule has 0 aliphatic carbocycles. The Bertz CT molecular complexity index is 1050. The van der Waals surface area contributed by atoms with Gasteiger partial charge in [-0.15, -0.1) is 0 Å². The molecule has 0 spiro atoms. The van der Waals surface area contributed by atoms with Gasteiger partial charge in [-0.1, -0.05) is 0 Å². The smallest absolute Gasteiger partial charge is 0.330 e. The van der Waals surface area contributed by atoms with Crippen LogP contribution in [0.1, 0.15) is 6.23 Å². The van der Waals surface area contributed by atoms with Gasteiger partial charge >= 0.3 is 5.69 Å². The van der Waals surface area contributed by atoms with Crippen LogP contribution in [0, 0.1) is 0 Å². The number of hydrogen-bond acceptors (Lipinski definition) is 15. The molecule has 172 valence electrons. The van der Waals surface area contributed by atoms with Crippen molar-refractivity contribution in [2.75, 3.05) is 6.61 Å². The minimum Gasteiger partial charge on any atom is -0.790 e. The van der Waals surface area contributed by atoms with Crippen LogP contribution in [0.5, 0.6) is 0 Å². The van der Waals surface area contributed by atoms with Gasteiger partial charge < -0.3 is 43.6 Å². The van der Waals surface area contributed by atoms with Gasteiger partial charge in [0.1, 0.15) is 18.3 Å². The molecule has 1 aliphatic heterocycles. The fourth-order valence-corrected chi connectivity index (χ4v) is 5.38. The van der Waals surface area contributed by atoms with E-state index >= 15 is 0 Å². The summed E-state index contributed by atoms with van der Waals surface area (Å²) < 4.78 is 48.9. The standard InChI is InChI=1S/C9H14BrN2O15P3/c10-3-1-12(9(16)11-7(3)15)8-6(14)5(13)4(25-8)2-24-29(20,21)27-30(22,23)26-28(17,18)19/h1,4-6,8,13-14H,2H2,(H,20,21)(H,22,23)(H,11,15,16)(H2,17,18,19)/p-4/t4-,5?,6+,8-/m1/s1. The normalized spacial score (nSPS) is 28.8. The van der Waals surface area contributed by atoms with Crippen molar-refractivity contribution in [1.82, 2.24) is 9.55 Å². The van der Waals surface area contributed by atoms with Crippen molar-refractivity contribution >= 4 is 39.4 Å². The van der Waals surface area contributed by atoms with E-state index in [2.05, 4.69) is 29.1 Å². The van der Waals surface area contributed by atoms with Crippen LogP contribution >= 0.6 is 39.4 Å². The van der Waals surface area contributed by atoms with Gasteiger partial charge in [-0.25, -0.2) is 9.11 Å². The number of aliphatic hydroxyl groups excluding tert-OH is 2. The average Bonchev–Trinajstić information content (AvgIpc) is 2.81. The zero-order valence-electron chi connectivity index (χ0n) is 14.0. The van der Waals surface area contributed by atoms with E-state index in [1.807, 2.05) is 4.98 Å². The highest BCUT2D eigenvalue weighted by Crippen LogP contribution is 2.60. The molecule has 0 saturated carbocycles. The van der Waals surface area contributed by atoms with E-state index in [0.29, 0.717) is 4.57 Å². The van der Waals surface area contributed by atoms with Gasteiger partial charge in [0.25, 0.3) is 21.2 Å². The van der Waals surface area contributed by atoms with Gasteiger partial charge in [-0.05, 0) is 15.9 Å². The van der Waals surface area contributed by atoms with Crippen LogP contribution in [0.25, 0.3) is 0 Å². The first-order valence-electron chi connectivity index (χ1n) is 7.25. The third-order valence-corrected chi connectivity index (χ3v) is 7.56. The zero-order valence-corrected chi connectivity index (χ0v) is 18.2. The molecular weight excluding hydrogens is 549 g/mol. The number of aliphatic hydroxyl groups is 2. The maximum atomic E-state index is 11.8. The van der Waals surface area contributed by atoms with E-state index in [-0.39, 0.29) is 4.47 Å². The second-order valence-electron chi connectivity index (χ2n) is 5.49. The number of aromatic nitrogens is 2. The highest BCUT2D eigenvalue weighted by atomic mass is 79.9. The first-order valence-corrected chi connectivity index (χ1v) is 12.4. The van der Waals surface area contributed by atoms with E-state index in [1.165, 1.54) is 0 Å². The van der Waals surface area contributed by atoms with Crippen LogP contribution in [0.2, 0.25) is 0 Å². The summed E-state index contributed by atoms with van der Waals surface area (Å²) in [5.74, 6) is 0. The largest absolute Gasteiger partial charge is 0.790 e. The van der Waals surface area contributed by atoms with Crippen molar-refractivity contribution in [3.05, 3.63) is 31.5 Å². The summed E-state index contributed by atoms with van der Waals surface area (Å²) in [5, 5.41) is 20.0. The van der Waals surface area contributed by atoms with Crippen LogP contribution in [0.4, 0.5) is 0 Å². The quantitative estimate of drug-likeness (QED) is 0.254. The van der Waals surface area contributed by atoms with Crippen molar-refractivity contribution in [3.63, 3.8) is 0 Å². The molecule has 0 radical (unpaired) electrons. The Hall–Kier alpha value is -0.550. The van der Waals surface area contributed by atoms with Gasteiger partial charge in [-0.3, -0.25) is 27.8 Å². The minimum atomic E-state index is -6.18. The van der Waals surface area contributed by atoms with Crippen molar-refractivity contribution in [1.29, 1.82) is 0 Å². The van der Waals surface area contributed by atoms with E-state index in [1.54, 1.807) is 0 Å². The summed E-state index contributed by atoms with van der Waals surface area (Å²) in [6.07, 6.45) is -6.08. The van der Waals surface area contributed by atoms with Crippen molar-refractivity contribution in [3.8, 4) is 0 Å². The van der Waals surface area contributed by atoms with Crippen LogP contribution < -0.4 is 30.8 Å². The second-order valence-corrected chi connectivity index (χ2v) is 10.6. The number of hydrogen-bond donors (Lipinski definition) is 3. The fraction of sp³-hybridized carbons (Fsp3) is 0.556. The number of halogens is 1. The first kappa shape index (κ1) is 25.7. The highest BCUT2D eigenvalue weighted by molar-refractivity contribution is 9.10. The topological polar surface area (TPSA) is 276 Å². The Balaban J connectivity index is 2.09. The Kier molecular flexibility index (Phi) is 7.83. The number of ether oxygens (including phenoxy) is 1. The van der Waals surface area contributed by atoms with E-state index in [4.69, 9.17) is 4.74 Å². The third-order valence-electron chi connectivity index (χ3n) is 3.33. The molecule has 1 aromatic heterocycles. The third kappa shape index (κ3) is 6.72. The minimum absolute atomic E-state index is 0.148. The predicted octanol–water partition coefficient (Wildman–Crippen LogP) is -4.27. The molecule has 1 aliphatic rings. The molecule has 0 bridgehead atoms. The van der Waals surface area contributed by atoms with Gasteiger partial charge in [0, 0.05) is 6.20 Å². The van der Waals surface area contributed by atoms with Gasteiger partial charge in [-0.2, -0.15) is 0 Å². The lowest BCUT2D eigenvalue weighted by molar-refractivity contribution is -0.339. The Morgan fingerprint density at radius 1 is 1.10 bits per heavy atom. The van der Waals surface area contributed by atoms with E-state index in [9.17, 15) is 53.1 Å². The van der Waals surface area contributed by atoms with Crippen LogP contribution in [0.15, 0.2) is 20.3 Å². The molecule has 0 amide bonds. The average molecular weight is 559 g/mol. The summed E-state index contributed by atoms with van der Waals surface area (Å²) in [4.78, 5) is 68.1. The lowest BCUT2D eigenvalue weighted by atomic mass is 10.1. The van der Waals surface area contributed by atoms with Crippen molar-refractivity contribution < 1.29 is 61.4 Å². The van der Waals surface area contributed by atoms with Gasteiger partial charge in [0.15, 0.2) is 6.23 Å². The lowest BCUT2D eigenvalue weighted by Gasteiger charge is -2.37. The molecule has 1 saturated heterocycles. The molecule has 2 heterocycles. The summed E-state index contributed by atoms with van der Waals surface area (Å²) in [7, 11) is -18.2. The molecule has 30 heavy (non-hydrogen) atoms. The van der Waals surface area contributed by atoms with Crippen LogP contribution in [-0.4, -0.2) is 44.7 Å². The number of phosphoric acid groups is 3. The summed E-state index contributed by atoms with van der Waals surface area (Å²) in [6.45, 7) is -1.18. The predicted molar refractivity (Wildman–Crippen MR) is 85.9 cm³/mol. The molecule has 3 N–H and O–H groups in total. The maximum Gasteiger partial charge on any atom is 0.330 e. The Labute approximate surface area is 173 Å². The number of nitrogens with zero attached hydrogens (tertiary/aromatic N) is 1. The summed E-state index contributed by atoms with van der Waals surface area (Å²) >= 11 is 2.83. The van der Waals surface area contributed by atoms with Crippen LogP contribution in [0.3, 0.4) is 0 Å². The lowest BCUT2D eigenvalue weighted by Crippen LogP contribution is -2.38. The molecule has 6 atom stereocenters. The Morgan fingerprint density at radius 3 is 2.27 bits per heavy atom. The summed E-state index contributed by atoms with van der Waals surface area (Å²) in [5.41, 5.74) is -1.86. The molecule has 21 heteroatoms. The van der Waals surface area contributed by atoms with Crippen LogP contribution in [-0.2, 0) is 31.6 Å². The van der Waals surface area contributed by atoms with Crippen molar-refractivity contribution in [2.24, 2.45) is 0 Å². The molecule has 1 aromatic rings. The number of rotatable bonds is 8. The van der Waals surface area contributed by atoms with E-state index in [0.717, 1.165) is 6.20 Å². The Morgan fingerprint density at radius 2 is 1.70 bits per heavy atom. The monoisotopic (exact) mass is 558 g/mol. The molecule has 0 aromatic carbocycles. The molecule has 3 unspecified atom stereocenters. The number of H-pyrrole nitrogens is 1. The molecule has 17 nitrogen and oxygen atoms in total. The maximum absolute atomic E-state index is 11.8. The SMILES string of the molecule is O=c1[nH]c(=O)n([C@@H]2O[C@H](COP(=O)([O-])OP(=O)([O-])OP(=O)([O-])[O-])C(O)[C@@H]2O)cc1Br.